The molecule has 4 rings (SSSR count). The van der Waals surface area contributed by atoms with Crippen LogP contribution in [0.1, 0.15) is 24.3 Å². The number of aromatic nitrogens is 3. The molecule has 3 heterocycles. The third-order valence-electron chi connectivity index (χ3n) is 4.68. The molecule has 0 bridgehead atoms. The smallest absolute Gasteiger partial charge is 0.223 e. The zero-order valence-electron chi connectivity index (χ0n) is 15.0. The molecule has 0 radical (unpaired) electrons. The number of H-pyrrole nitrogens is 1. The first-order valence-corrected chi connectivity index (χ1v) is 8.63. The molecule has 6 heteroatoms. The highest BCUT2D eigenvalue weighted by Gasteiger charge is 2.14. The van der Waals surface area contributed by atoms with E-state index in [9.17, 15) is 15.0 Å². The second-order valence-corrected chi connectivity index (χ2v) is 6.60. The molecule has 27 heavy (non-hydrogen) atoms. The van der Waals surface area contributed by atoms with Crippen LogP contribution in [0.4, 0.5) is 0 Å². The predicted octanol–water partition coefficient (Wildman–Crippen LogP) is 3.45. The summed E-state index contributed by atoms with van der Waals surface area (Å²) in [6.07, 6.45) is 4.17. The van der Waals surface area contributed by atoms with Crippen molar-refractivity contribution in [3.63, 3.8) is 0 Å². The molecule has 136 valence electrons. The van der Waals surface area contributed by atoms with Crippen LogP contribution >= 0.6 is 0 Å². The topological polar surface area (TPSA) is 91.1 Å². The number of aromatic hydroxyl groups is 1. The van der Waals surface area contributed by atoms with Gasteiger partial charge in [-0.25, -0.2) is 4.98 Å². The molecule has 0 aliphatic carbocycles. The van der Waals surface area contributed by atoms with Crippen molar-refractivity contribution in [3.05, 3.63) is 76.5 Å². The Hall–Kier alpha value is -3.38. The maximum Gasteiger partial charge on any atom is 0.223 e. The number of aliphatic hydroxyl groups is 1. The van der Waals surface area contributed by atoms with Gasteiger partial charge >= 0.3 is 0 Å². The zero-order valence-corrected chi connectivity index (χ0v) is 15.0. The third kappa shape index (κ3) is 2.90. The molecule has 0 amide bonds. The highest BCUT2D eigenvalue weighted by Crippen LogP contribution is 2.32. The predicted molar refractivity (Wildman–Crippen MR) is 104 cm³/mol. The van der Waals surface area contributed by atoms with Crippen LogP contribution in [-0.2, 0) is 0 Å². The van der Waals surface area contributed by atoms with Crippen molar-refractivity contribution < 1.29 is 10.2 Å². The first-order valence-electron chi connectivity index (χ1n) is 8.63. The van der Waals surface area contributed by atoms with E-state index in [1.807, 2.05) is 49.6 Å². The SMILES string of the molecule is Cc1cnc2[nH]ccc2c1-c1cccc(-n2cc(O)c(=O)cc2C(C)O)c1. The number of aryl methyl sites for hydroxylation is 1. The minimum Gasteiger partial charge on any atom is -0.503 e. The molecule has 3 aromatic heterocycles. The highest BCUT2D eigenvalue weighted by molar-refractivity contribution is 5.94. The van der Waals surface area contributed by atoms with E-state index in [1.54, 1.807) is 11.5 Å². The van der Waals surface area contributed by atoms with Crippen molar-refractivity contribution in [2.24, 2.45) is 0 Å². The van der Waals surface area contributed by atoms with Gasteiger partial charge in [-0.1, -0.05) is 12.1 Å². The minimum atomic E-state index is -0.860. The lowest BCUT2D eigenvalue weighted by Crippen LogP contribution is -2.13. The summed E-state index contributed by atoms with van der Waals surface area (Å²) in [6, 6.07) is 11.0. The summed E-state index contributed by atoms with van der Waals surface area (Å²) in [6.45, 7) is 3.59. The second kappa shape index (κ2) is 6.41. The number of nitrogens with one attached hydrogen (secondary N) is 1. The number of aromatic amines is 1. The Morgan fingerprint density at radius 1 is 1.22 bits per heavy atom. The zero-order chi connectivity index (χ0) is 19.1. The van der Waals surface area contributed by atoms with E-state index in [1.165, 1.54) is 12.3 Å². The van der Waals surface area contributed by atoms with Crippen LogP contribution < -0.4 is 5.43 Å². The minimum absolute atomic E-state index is 0.363. The van der Waals surface area contributed by atoms with Crippen LogP contribution in [0.15, 0.2) is 59.8 Å². The average molecular weight is 361 g/mol. The fourth-order valence-electron chi connectivity index (χ4n) is 3.39. The number of fused-ring (bicyclic) bond motifs is 1. The van der Waals surface area contributed by atoms with Gasteiger partial charge in [0.15, 0.2) is 5.75 Å². The van der Waals surface area contributed by atoms with E-state index >= 15 is 0 Å². The van der Waals surface area contributed by atoms with Crippen molar-refractivity contribution in [1.29, 1.82) is 0 Å². The van der Waals surface area contributed by atoms with Crippen LogP contribution in [0, 0.1) is 6.92 Å². The van der Waals surface area contributed by atoms with E-state index in [4.69, 9.17) is 0 Å². The Labute approximate surface area is 155 Å². The fourth-order valence-corrected chi connectivity index (χ4v) is 3.39. The third-order valence-corrected chi connectivity index (χ3v) is 4.68. The van der Waals surface area contributed by atoms with E-state index in [-0.39, 0.29) is 5.75 Å². The maximum absolute atomic E-state index is 11.8. The Balaban J connectivity index is 1.95. The molecule has 0 saturated heterocycles. The van der Waals surface area contributed by atoms with Crippen molar-refractivity contribution in [3.8, 4) is 22.6 Å². The van der Waals surface area contributed by atoms with E-state index < -0.39 is 11.5 Å². The molecule has 0 spiro atoms. The summed E-state index contributed by atoms with van der Waals surface area (Å²) in [4.78, 5) is 19.3. The molecule has 4 aromatic rings. The summed E-state index contributed by atoms with van der Waals surface area (Å²) in [5.74, 6) is -0.363. The lowest BCUT2D eigenvalue weighted by atomic mass is 9.98. The second-order valence-electron chi connectivity index (χ2n) is 6.60. The quantitative estimate of drug-likeness (QED) is 0.521. The van der Waals surface area contributed by atoms with Crippen LogP contribution in [0.5, 0.6) is 5.75 Å². The van der Waals surface area contributed by atoms with Gasteiger partial charge in [0.25, 0.3) is 0 Å². The molecule has 1 unspecified atom stereocenters. The number of rotatable bonds is 3. The molecular weight excluding hydrogens is 342 g/mol. The standard InChI is InChI=1S/C21H19N3O3/c1-12-10-23-21-16(6-7-22-21)20(12)14-4-3-5-15(8-14)24-11-19(27)18(26)9-17(24)13(2)25/h3-11,13,25,27H,1-2H3,(H,22,23). The van der Waals surface area contributed by atoms with Crippen LogP contribution in [-0.4, -0.2) is 24.7 Å². The maximum atomic E-state index is 11.8. The van der Waals surface area contributed by atoms with Gasteiger partial charge in [-0.15, -0.1) is 0 Å². The van der Waals surface area contributed by atoms with Crippen molar-refractivity contribution >= 4 is 11.0 Å². The fraction of sp³-hybridized carbons (Fsp3) is 0.143. The van der Waals surface area contributed by atoms with Gasteiger partial charge in [-0.2, -0.15) is 0 Å². The molecule has 1 aromatic carbocycles. The molecule has 0 aliphatic heterocycles. The largest absolute Gasteiger partial charge is 0.503 e. The monoisotopic (exact) mass is 361 g/mol. The van der Waals surface area contributed by atoms with Crippen molar-refractivity contribution in [2.75, 3.05) is 0 Å². The number of nitrogens with zero attached hydrogens (tertiary/aromatic N) is 2. The van der Waals surface area contributed by atoms with Gasteiger partial charge in [0.2, 0.25) is 5.43 Å². The first-order chi connectivity index (χ1) is 13.0. The normalized spacial score (nSPS) is 12.4. The van der Waals surface area contributed by atoms with E-state index in [0.29, 0.717) is 5.69 Å². The Bertz CT molecular complexity index is 1200. The van der Waals surface area contributed by atoms with E-state index in [0.717, 1.165) is 33.4 Å². The summed E-state index contributed by atoms with van der Waals surface area (Å²) in [7, 11) is 0. The van der Waals surface area contributed by atoms with Gasteiger partial charge < -0.3 is 19.8 Å². The van der Waals surface area contributed by atoms with Crippen LogP contribution in [0.3, 0.4) is 0 Å². The van der Waals surface area contributed by atoms with Crippen LogP contribution in [0.25, 0.3) is 27.8 Å². The lowest BCUT2D eigenvalue weighted by Gasteiger charge is -2.17. The summed E-state index contributed by atoms with van der Waals surface area (Å²) in [5, 5.41) is 21.0. The molecule has 6 nitrogen and oxygen atoms in total. The summed E-state index contributed by atoms with van der Waals surface area (Å²) >= 11 is 0. The molecule has 0 fully saturated rings. The van der Waals surface area contributed by atoms with Gasteiger partial charge in [-0.3, -0.25) is 4.79 Å². The molecule has 0 saturated carbocycles. The number of hydrogen-bond donors (Lipinski definition) is 3. The first kappa shape index (κ1) is 17.1. The molecular formula is C21H19N3O3. The van der Waals surface area contributed by atoms with Gasteiger partial charge in [0.1, 0.15) is 5.65 Å². The van der Waals surface area contributed by atoms with Crippen molar-refractivity contribution in [1.82, 2.24) is 14.5 Å². The number of pyridine rings is 2. The van der Waals surface area contributed by atoms with Gasteiger partial charge in [0.05, 0.1) is 18.0 Å². The average Bonchev–Trinajstić information content (AvgIpc) is 3.12. The van der Waals surface area contributed by atoms with Crippen molar-refractivity contribution in [2.45, 2.75) is 20.0 Å². The number of benzene rings is 1. The van der Waals surface area contributed by atoms with Gasteiger partial charge in [0, 0.05) is 29.5 Å². The molecule has 1 atom stereocenters. The highest BCUT2D eigenvalue weighted by atomic mass is 16.3. The Kier molecular flexibility index (Phi) is 4.05. The molecule has 0 aliphatic rings. The Morgan fingerprint density at radius 3 is 2.81 bits per heavy atom. The number of hydrogen-bond acceptors (Lipinski definition) is 4. The number of aliphatic hydroxyl groups excluding tert-OH is 1. The van der Waals surface area contributed by atoms with Crippen LogP contribution in [0.2, 0.25) is 0 Å². The lowest BCUT2D eigenvalue weighted by molar-refractivity contribution is 0.191. The van der Waals surface area contributed by atoms with Gasteiger partial charge in [-0.05, 0) is 48.7 Å². The van der Waals surface area contributed by atoms with E-state index in [2.05, 4.69) is 9.97 Å². The summed E-state index contributed by atoms with van der Waals surface area (Å²) < 4.78 is 1.63. The summed E-state index contributed by atoms with van der Waals surface area (Å²) in [5.41, 5.74) is 4.52. The molecule has 3 N–H and O–H groups in total. The Morgan fingerprint density at radius 2 is 2.04 bits per heavy atom.